The van der Waals surface area contributed by atoms with Crippen LogP contribution in [0.5, 0.6) is 11.5 Å². The van der Waals surface area contributed by atoms with Gasteiger partial charge in [-0.3, -0.25) is 9.59 Å². The van der Waals surface area contributed by atoms with Crippen LogP contribution in [0.3, 0.4) is 0 Å². The summed E-state index contributed by atoms with van der Waals surface area (Å²) >= 11 is 0. The molecule has 0 fully saturated rings. The number of amides is 2. The molecule has 0 atom stereocenters. The fraction of sp³-hybridized carbons (Fsp3) is 0.167. The van der Waals surface area contributed by atoms with E-state index in [9.17, 15) is 9.59 Å². The van der Waals surface area contributed by atoms with Crippen LogP contribution in [0.15, 0.2) is 53.6 Å². The smallest absolute Gasteiger partial charge is 0.259 e. The number of methoxy groups -OCH3 is 2. The molecule has 2 aromatic rings. The van der Waals surface area contributed by atoms with E-state index in [4.69, 9.17) is 9.47 Å². The number of para-hydroxylation sites is 1. The monoisotopic (exact) mass is 341 g/mol. The van der Waals surface area contributed by atoms with Crippen molar-refractivity contribution in [3.05, 3.63) is 59.7 Å². The molecule has 0 aromatic heterocycles. The summed E-state index contributed by atoms with van der Waals surface area (Å²) in [6, 6.07) is 13.9. The van der Waals surface area contributed by atoms with E-state index in [0.717, 1.165) is 5.56 Å². The van der Waals surface area contributed by atoms with E-state index in [1.807, 2.05) is 12.1 Å². The molecule has 130 valence electrons. The van der Waals surface area contributed by atoms with Crippen LogP contribution in [0.2, 0.25) is 0 Å². The normalized spacial score (nSPS) is 10.3. The molecule has 2 N–H and O–H groups in total. The summed E-state index contributed by atoms with van der Waals surface area (Å²) in [5, 5.41) is 6.37. The summed E-state index contributed by atoms with van der Waals surface area (Å²) in [5.74, 6) is 0.399. The third kappa shape index (κ3) is 5.35. The minimum absolute atomic E-state index is 0.195. The third-order valence-corrected chi connectivity index (χ3v) is 3.27. The van der Waals surface area contributed by atoms with Crippen LogP contribution in [0.25, 0.3) is 0 Å². The average Bonchev–Trinajstić information content (AvgIpc) is 2.66. The second-order valence-electron chi connectivity index (χ2n) is 4.95. The Bertz CT molecular complexity index is 774. The van der Waals surface area contributed by atoms with Crippen molar-refractivity contribution >= 4 is 18.0 Å². The highest BCUT2D eigenvalue weighted by molar-refractivity contribution is 5.96. The highest BCUT2D eigenvalue weighted by atomic mass is 16.5. The minimum atomic E-state index is -0.442. The molecule has 0 aliphatic heterocycles. The van der Waals surface area contributed by atoms with E-state index >= 15 is 0 Å². The second kappa shape index (κ2) is 9.07. The molecule has 0 saturated heterocycles. The van der Waals surface area contributed by atoms with Crippen molar-refractivity contribution in [2.24, 2.45) is 5.10 Å². The lowest BCUT2D eigenvalue weighted by Crippen LogP contribution is -2.34. The average molecular weight is 341 g/mol. The van der Waals surface area contributed by atoms with Crippen molar-refractivity contribution < 1.29 is 19.1 Å². The first kappa shape index (κ1) is 18.0. The second-order valence-corrected chi connectivity index (χ2v) is 4.95. The molecule has 0 aliphatic carbocycles. The molecule has 2 amide bonds. The first-order chi connectivity index (χ1) is 12.1. The molecule has 0 heterocycles. The van der Waals surface area contributed by atoms with Gasteiger partial charge in [0, 0.05) is 11.1 Å². The largest absolute Gasteiger partial charge is 0.497 e. The van der Waals surface area contributed by atoms with E-state index in [-0.39, 0.29) is 12.5 Å². The van der Waals surface area contributed by atoms with Crippen molar-refractivity contribution in [1.29, 1.82) is 0 Å². The summed E-state index contributed by atoms with van der Waals surface area (Å²) in [6.45, 7) is -0.195. The molecule has 2 aromatic carbocycles. The molecule has 0 spiro atoms. The van der Waals surface area contributed by atoms with Gasteiger partial charge in [0.15, 0.2) is 0 Å². The van der Waals surface area contributed by atoms with Crippen LogP contribution >= 0.6 is 0 Å². The number of nitrogens with zero attached hydrogens (tertiary/aromatic N) is 1. The van der Waals surface area contributed by atoms with Crippen LogP contribution in [-0.4, -0.2) is 38.8 Å². The van der Waals surface area contributed by atoms with Gasteiger partial charge in [0.25, 0.3) is 11.8 Å². The van der Waals surface area contributed by atoms with Crippen LogP contribution < -0.4 is 20.2 Å². The van der Waals surface area contributed by atoms with E-state index in [2.05, 4.69) is 15.8 Å². The highest BCUT2D eigenvalue weighted by Gasteiger charge is 2.08. The number of benzene rings is 2. The lowest BCUT2D eigenvalue weighted by Gasteiger charge is -2.06. The Morgan fingerprint density at radius 3 is 2.64 bits per heavy atom. The van der Waals surface area contributed by atoms with Gasteiger partial charge < -0.3 is 14.8 Å². The quantitative estimate of drug-likeness (QED) is 0.591. The van der Waals surface area contributed by atoms with Crippen LogP contribution in [0.1, 0.15) is 15.9 Å². The topological polar surface area (TPSA) is 89.0 Å². The SMILES string of the molecule is COc1cccc(C(=O)NCC(=O)NN=Cc2ccccc2OC)c1. The van der Waals surface area contributed by atoms with Gasteiger partial charge in [-0.1, -0.05) is 18.2 Å². The predicted molar refractivity (Wildman–Crippen MR) is 94.1 cm³/mol. The van der Waals surface area contributed by atoms with Gasteiger partial charge in [-0.25, -0.2) is 5.43 Å². The number of hydrogen-bond acceptors (Lipinski definition) is 5. The molecule has 7 nitrogen and oxygen atoms in total. The van der Waals surface area contributed by atoms with Gasteiger partial charge >= 0.3 is 0 Å². The van der Waals surface area contributed by atoms with Gasteiger partial charge in [-0.15, -0.1) is 0 Å². The number of carbonyl (C=O) groups excluding carboxylic acids is 2. The maximum atomic E-state index is 12.0. The van der Waals surface area contributed by atoms with Crippen molar-refractivity contribution in [3.8, 4) is 11.5 Å². The Labute approximate surface area is 145 Å². The predicted octanol–water partition coefficient (Wildman–Crippen LogP) is 1.58. The van der Waals surface area contributed by atoms with Gasteiger partial charge in [-0.2, -0.15) is 5.10 Å². The molecule has 0 radical (unpaired) electrons. The standard InChI is InChI=1S/C18H19N3O4/c1-24-15-8-5-7-13(10-15)18(23)19-12-17(22)21-20-11-14-6-3-4-9-16(14)25-2/h3-11H,12H2,1-2H3,(H,19,23)(H,21,22). The summed E-state index contributed by atoms with van der Waals surface area (Å²) < 4.78 is 10.2. The Hall–Kier alpha value is -3.35. The fourth-order valence-electron chi connectivity index (χ4n) is 2.01. The molecular weight excluding hydrogens is 322 g/mol. The number of carbonyl (C=O) groups is 2. The molecular formula is C18H19N3O4. The number of hydrazone groups is 1. The van der Waals surface area contributed by atoms with E-state index in [1.54, 1.807) is 43.5 Å². The van der Waals surface area contributed by atoms with Gasteiger partial charge in [-0.05, 0) is 30.3 Å². The molecule has 0 saturated carbocycles. The lowest BCUT2D eigenvalue weighted by molar-refractivity contribution is -0.120. The van der Waals surface area contributed by atoms with Crippen molar-refractivity contribution in [2.75, 3.05) is 20.8 Å². The third-order valence-electron chi connectivity index (χ3n) is 3.27. The molecule has 7 heteroatoms. The molecule has 2 rings (SSSR count). The maximum absolute atomic E-state index is 12.0. The zero-order chi connectivity index (χ0) is 18.1. The van der Waals surface area contributed by atoms with E-state index in [1.165, 1.54) is 13.3 Å². The summed E-state index contributed by atoms with van der Waals surface area (Å²) in [5.41, 5.74) is 3.48. The van der Waals surface area contributed by atoms with E-state index in [0.29, 0.717) is 17.1 Å². The van der Waals surface area contributed by atoms with Gasteiger partial charge in [0.1, 0.15) is 11.5 Å². The Morgan fingerprint density at radius 2 is 1.88 bits per heavy atom. The van der Waals surface area contributed by atoms with Crippen molar-refractivity contribution in [3.63, 3.8) is 0 Å². The van der Waals surface area contributed by atoms with Crippen LogP contribution in [0.4, 0.5) is 0 Å². The fourth-order valence-corrected chi connectivity index (χ4v) is 2.01. The van der Waals surface area contributed by atoms with Crippen molar-refractivity contribution in [1.82, 2.24) is 10.7 Å². The highest BCUT2D eigenvalue weighted by Crippen LogP contribution is 2.14. The maximum Gasteiger partial charge on any atom is 0.259 e. The van der Waals surface area contributed by atoms with Crippen molar-refractivity contribution in [2.45, 2.75) is 0 Å². The van der Waals surface area contributed by atoms with Gasteiger partial charge in [0.2, 0.25) is 0 Å². The minimum Gasteiger partial charge on any atom is -0.497 e. The van der Waals surface area contributed by atoms with Crippen LogP contribution in [0, 0.1) is 0 Å². The molecule has 0 bridgehead atoms. The zero-order valence-corrected chi connectivity index (χ0v) is 14.0. The van der Waals surface area contributed by atoms with Gasteiger partial charge in [0.05, 0.1) is 27.0 Å². The first-order valence-electron chi connectivity index (χ1n) is 7.51. The number of hydrogen-bond donors (Lipinski definition) is 2. The lowest BCUT2D eigenvalue weighted by atomic mass is 10.2. The number of rotatable bonds is 7. The Balaban J connectivity index is 1.84. The molecule has 0 aliphatic rings. The van der Waals surface area contributed by atoms with E-state index < -0.39 is 5.91 Å². The zero-order valence-electron chi connectivity index (χ0n) is 14.0. The molecule has 0 unspecified atom stereocenters. The molecule has 25 heavy (non-hydrogen) atoms. The Kier molecular flexibility index (Phi) is 6.53. The number of nitrogens with one attached hydrogen (secondary N) is 2. The summed E-state index contributed by atoms with van der Waals surface area (Å²) in [4.78, 5) is 23.7. The Morgan fingerprint density at radius 1 is 1.08 bits per heavy atom. The summed E-state index contributed by atoms with van der Waals surface area (Å²) in [7, 11) is 3.07. The summed E-state index contributed by atoms with van der Waals surface area (Å²) in [6.07, 6.45) is 1.47. The number of ether oxygens (including phenoxy) is 2. The van der Waals surface area contributed by atoms with Crippen LogP contribution in [-0.2, 0) is 4.79 Å². The first-order valence-corrected chi connectivity index (χ1v) is 7.51.